The van der Waals surface area contributed by atoms with Crippen molar-refractivity contribution in [3.63, 3.8) is 0 Å². The van der Waals surface area contributed by atoms with Crippen molar-refractivity contribution in [1.29, 1.82) is 5.41 Å². The summed E-state index contributed by atoms with van der Waals surface area (Å²) in [7, 11) is 1.83. The van der Waals surface area contributed by atoms with Crippen LogP contribution in [0.5, 0.6) is 5.75 Å². The Hall–Kier alpha value is -4.24. The third-order valence-electron chi connectivity index (χ3n) is 7.36. The van der Waals surface area contributed by atoms with Gasteiger partial charge in [0.15, 0.2) is 0 Å². The Morgan fingerprint density at radius 3 is 2.74 bits per heavy atom. The van der Waals surface area contributed by atoms with Crippen LogP contribution < -0.4 is 15.4 Å². The van der Waals surface area contributed by atoms with Crippen LogP contribution >= 0.6 is 0 Å². The van der Waals surface area contributed by atoms with Crippen LogP contribution in [0, 0.1) is 17.2 Å². The number of pyridine rings is 1. The molecule has 2 atom stereocenters. The fraction of sp³-hybridized carbons (Fsp3) is 0.310. The van der Waals surface area contributed by atoms with E-state index in [1.165, 1.54) is 25.7 Å². The van der Waals surface area contributed by atoms with Gasteiger partial charge >= 0.3 is 0 Å². The van der Waals surface area contributed by atoms with Gasteiger partial charge in [-0.1, -0.05) is 24.3 Å². The molecule has 3 N–H and O–H groups in total. The number of nitrogens with one attached hydrogen (secondary N) is 3. The van der Waals surface area contributed by atoms with Crippen LogP contribution in [-0.2, 0) is 6.54 Å². The minimum Gasteiger partial charge on any atom is -0.492 e. The van der Waals surface area contributed by atoms with Gasteiger partial charge in [0, 0.05) is 69.5 Å². The molecule has 6 rings (SSSR count). The maximum Gasteiger partial charge on any atom is 0.140 e. The monoisotopic (exact) mass is 508 g/mol. The van der Waals surface area contributed by atoms with Gasteiger partial charge in [0.2, 0.25) is 0 Å². The number of aromatic nitrogens is 4. The number of rotatable bonds is 11. The molecule has 0 amide bonds. The quantitative estimate of drug-likeness (QED) is 0.264. The Morgan fingerprint density at radius 1 is 1.11 bits per heavy atom. The molecular formula is C29H32N8O. The highest BCUT2D eigenvalue weighted by molar-refractivity contribution is 6.08. The van der Waals surface area contributed by atoms with Gasteiger partial charge in [-0.15, -0.1) is 0 Å². The first kappa shape index (κ1) is 24.1. The second-order valence-corrected chi connectivity index (χ2v) is 9.97. The van der Waals surface area contributed by atoms with E-state index in [-0.39, 0.29) is 0 Å². The molecule has 2 aliphatic rings. The number of likely N-dealkylation sites (tertiary alicyclic amines) is 1. The topological polar surface area (TPSA) is 103 Å². The molecular weight excluding hydrogens is 476 g/mol. The predicted molar refractivity (Wildman–Crippen MR) is 149 cm³/mol. The average molecular weight is 509 g/mol. The van der Waals surface area contributed by atoms with Gasteiger partial charge in [-0.3, -0.25) is 9.30 Å². The van der Waals surface area contributed by atoms with Crippen LogP contribution in [0.25, 0.3) is 22.6 Å². The minimum atomic E-state index is 0.624. The molecule has 1 saturated carbocycles. The van der Waals surface area contributed by atoms with Crippen molar-refractivity contribution >= 4 is 23.3 Å². The molecule has 4 heterocycles. The lowest BCUT2D eigenvalue weighted by Crippen LogP contribution is -2.27. The summed E-state index contributed by atoms with van der Waals surface area (Å²) in [5, 5.41) is 13.9. The van der Waals surface area contributed by atoms with Crippen LogP contribution in [0.3, 0.4) is 0 Å². The van der Waals surface area contributed by atoms with Gasteiger partial charge < -0.3 is 20.8 Å². The first-order valence-corrected chi connectivity index (χ1v) is 13.1. The lowest BCUT2D eigenvalue weighted by molar-refractivity contribution is 0.224. The number of allylic oxidation sites excluding steroid dienone is 1. The van der Waals surface area contributed by atoms with E-state index in [2.05, 4.69) is 42.6 Å². The number of hydrogen-bond acceptors (Lipinski definition) is 8. The van der Waals surface area contributed by atoms with Gasteiger partial charge in [0.1, 0.15) is 30.1 Å². The number of imidazole rings is 1. The van der Waals surface area contributed by atoms with Crippen molar-refractivity contribution in [3.05, 3.63) is 78.5 Å². The summed E-state index contributed by atoms with van der Waals surface area (Å²) in [6, 6.07) is 14.0. The van der Waals surface area contributed by atoms with Gasteiger partial charge in [-0.2, -0.15) is 0 Å². The highest BCUT2D eigenvalue weighted by Crippen LogP contribution is 2.44. The zero-order valence-electron chi connectivity index (χ0n) is 21.5. The zero-order chi connectivity index (χ0) is 25.9. The predicted octanol–water partition coefficient (Wildman–Crippen LogP) is 3.94. The molecule has 4 aromatic rings. The number of piperidine rings is 1. The van der Waals surface area contributed by atoms with Crippen molar-refractivity contribution in [1.82, 2.24) is 29.6 Å². The Kier molecular flexibility index (Phi) is 6.75. The minimum absolute atomic E-state index is 0.624. The third kappa shape index (κ3) is 5.24. The Morgan fingerprint density at radius 2 is 1.95 bits per heavy atom. The first-order valence-electron chi connectivity index (χ1n) is 13.1. The van der Waals surface area contributed by atoms with E-state index in [9.17, 15) is 0 Å². The molecule has 9 nitrogen and oxygen atoms in total. The van der Waals surface area contributed by atoms with E-state index in [4.69, 9.17) is 10.1 Å². The standard InChI is InChI=1S/C29H32N8O/c1-31-15-24(13-30)21-4-2-20(3-5-21)14-32-28-12-26(34-19-35-28)27-16-33-29-11-25(6-7-37(27)29)38-9-8-36-17-22-10-23(22)18-36/h2-7,11-13,15-16,19,22-23,30-31H,8-10,14,17-18H2,1H3,(H,32,34,35)/b24-15+,30-13?. The maximum atomic E-state index is 7.58. The molecule has 3 aromatic heterocycles. The molecule has 1 aromatic carbocycles. The Bertz CT molecular complexity index is 1450. The summed E-state index contributed by atoms with van der Waals surface area (Å²) in [5.41, 5.74) is 5.45. The van der Waals surface area contributed by atoms with E-state index in [1.807, 2.05) is 60.4 Å². The van der Waals surface area contributed by atoms with E-state index in [0.717, 1.165) is 63.7 Å². The summed E-state index contributed by atoms with van der Waals surface area (Å²) in [4.78, 5) is 16.0. The number of benzene rings is 1. The highest BCUT2D eigenvalue weighted by atomic mass is 16.5. The summed E-state index contributed by atoms with van der Waals surface area (Å²) in [5.74, 6) is 3.48. The molecule has 1 aliphatic heterocycles. The number of nitrogens with zero attached hydrogens (tertiary/aromatic N) is 5. The van der Waals surface area contributed by atoms with Gasteiger partial charge in [0.05, 0.1) is 17.6 Å². The summed E-state index contributed by atoms with van der Waals surface area (Å²) < 4.78 is 8.04. The Labute approximate surface area is 222 Å². The molecule has 1 saturated heterocycles. The van der Waals surface area contributed by atoms with Crippen molar-refractivity contribution < 1.29 is 4.74 Å². The zero-order valence-corrected chi connectivity index (χ0v) is 21.5. The second-order valence-electron chi connectivity index (χ2n) is 9.97. The molecule has 0 spiro atoms. The van der Waals surface area contributed by atoms with Crippen molar-refractivity contribution in [2.75, 3.05) is 38.6 Å². The van der Waals surface area contributed by atoms with Crippen molar-refractivity contribution in [3.8, 4) is 17.1 Å². The molecule has 9 heteroatoms. The van der Waals surface area contributed by atoms with E-state index < -0.39 is 0 Å². The number of hydrogen-bond donors (Lipinski definition) is 3. The van der Waals surface area contributed by atoms with E-state index in [0.29, 0.717) is 13.2 Å². The third-order valence-corrected chi connectivity index (χ3v) is 7.36. The molecule has 0 radical (unpaired) electrons. The molecule has 194 valence electrons. The van der Waals surface area contributed by atoms with Gasteiger partial charge in [-0.05, 0) is 35.4 Å². The fourth-order valence-corrected chi connectivity index (χ4v) is 5.18. The molecule has 2 fully saturated rings. The SMILES string of the molecule is CN/C=C(\C=N)c1ccc(CNc2cc(-c3cnc4cc(OCCN5CC6CC6C5)ccn34)ncn2)cc1. The summed E-state index contributed by atoms with van der Waals surface area (Å²) >= 11 is 0. The smallest absolute Gasteiger partial charge is 0.140 e. The summed E-state index contributed by atoms with van der Waals surface area (Å²) in [6.07, 6.45) is 9.97. The normalized spacial score (nSPS) is 18.8. The number of ether oxygens (including phenoxy) is 1. The van der Waals surface area contributed by atoms with E-state index >= 15 is 0 Å². The van der Waals surface area contributed by atoms with Crippen molar-refractivity contribution in [2.24, 2.45) is 11.8 Å². The summed E-state index contributed by atoms with van der Waals surface area (Å²) in [6.45, 7) is 4.78. The Balaban J connectivity index is 1.08. The highest BCUT2D eigenvalue weighted by Gasteiger charge is 2.44. The van der Waals surface area contributed by atoms with Crippen LogP contribution in [0.15, 0.2) is 67.4 Å². The molecule has 1 aliphatic carbocycles. The van der Waals surface area contributed by atoms with E-state index in [1.54, 1.807) is 6.33 Å². The lowest BCUT2D eigenvalue weighted by atomic mass is 10.1. The maximum absolute atomic E-state index is 7.58. The number of fused-ring (bicyclic) bond motifs is 2. The van der Waals surface area contributed by atoms with Crippen molar-refractivity contribution in [2.45, 2.75) is 13.0 Å². The fourth-order valence-electron chi connectivity index (χ4n) is 5.18. The first-order chi connectivity index (χ1) is 18.7. The van der Waals surface area contributed by atoms with Crippen LogP contribution in [0.4, 0.5) is 5.82 Å². The van der Waals surface area contributed by atoms with Gasteiger partial charge in [0.25, 0.3) is 0 Å². The number of anilines is 1. The molecule has 38 heavy (non-hydrogen) atoms. The average Bonchev–Trinajstić information content (AvgIpc) is 3.35. The molecule has 2 unspecified atom stereocenters. The second kappa shape index (κ2) is 10.6. The van der Waals surface area contributed by atoms with Crippen LogP contribution in [-0.4, -0.2) is 63.8 Å². The van der Waals surface area contributed by atoms with Crippen LogP contribution in [0.2, 0.25) is 0 Å². The lowest BCUT2D eigenvalue weighted by Gasteiger charge is -2.17. The van der Waals surface area contributed by atoms with Gasteiger partial charge in [-0.25, -0.2) is 15.0 Å². The molecule has 0 bridgehead atoms. The largest absolute Gasteiger partial charge is 0.492 e. The van der Waals surface area contributed by atoms with Crippen LogP contribution in [0.1, 0.15) is 17.5 Å².